The quantitative estimate of drug-likeness (QED) is 0.854. The Labute approximate surface area is 112 Å². The maximum absolute atomic E-state index is 10.9. The van der Waals surface area contributed by atoms with Crippen molar-refractivity contribution in [2.75, 3.05) is 0 Å². The molecule has 86 valence electrons. The molecule has 0 aliphatic rings. The molecule has 0 amide bonds. The van der Waals surface area contributed by atoms with E-state index in [4.69, 9.17) is 5.11 Å². The molecule has 0 spiro atoms. The molecule has 17 heavy (non-hydrogen) atoms. The summed E-state index contributed by atoms with van der Waals surface area (Å²) in [6, 6.07) is 9.22. The topological polar surface area (TPSA) is 63.1 Å². The number of hydrogen-bond donors (Lipinski definition) is 1. The van der Waals surface area contributed by atoms with Crippen molar-refractivity contribution in [2.24, 2.45) is 0 Å². The summed E-state index contributed by atoms with van der Waals surface area (Å²) in [7, 11) is 0. The van der Waals surface area contributed by atoms with Crippen LogP contribution in [0.3, 0.4) is 0 Å². The van der Waals surface area contributed by atoms with Gasteiger partial charge in [-0.3, -0.25) is 0 Å². The largest absolute Gasteiger partial charge is 0.477 e. The lowest BCUT2D eigenvalue weighted by Crippen LogP contribution is -2.04. The number of halogens is 1. The molecule has 0 fully saturated rings. The van der Waals surface area contributed by atoms with Crippen molar-refractivity contribution in [3.05, 3.63) is 45.4 Å². The summed E-state index contributed by atoms with van der Waals surface area (Å²) in [6.07, 6.45) is 0. The third-order valence-electron chi connectivity index (χ3n) is 2.18. The molecule has 1 heterocycles. The Morgan fingerprint density at radius 3 is 2.71 bits per heavy atom. The molecule has 0 bridgehead atoms. The van der Waals surface area contributed by atoms with E-state index < -0.39 is 5.97 Å². The van der Waals surface area contributed by atoms with Crippen LogP contribution >= 0.6 is 22.6 Å². The number of aryl methyl sites for hydroxylation is 1. The Kier molecular flexibility index (Phi) is 3.37. The molecule has 1 aromatic heterocycles. The van der Waals surface area contributed by atoms with Gasteiger partial charge in [-0.15, -0.1) is 0 Å². The monoisotopic (exact) mass is 340 g/mol. The fraction of sp³-hybridized carbons (Fsp3) is 0.0833. The SMILES string of the molecule is Cc1nc(C(=O)O)cc(-c2cccc(I)c2)n1. The van der Waals surface area contributed by atoms with Crippen molar-refractivity contribution in [3.8, 4) is 11.3 Å². The van der Waals surface area contributed by atoms with Crippen LogP contribution in [0.15, 0.2) is 30.3 Å². The Morgan fingerprint density at radius 1 is 1.29 bits per heavy atom. The Morgan fingerprint density at radius 2 is 2.06 bits per heavy atom. The molecule has 0 atom stereocenters. The number of aromatic carboxylic acids is 1. The van der Waals surface area contributed by atoms with Gasteiger partial charge in [-0.1, -0.05) is 12.1 Å². The van der Waals surface area contributed by atoms with E-state index in [0.717, 1.165) is 9.13 Å². The summed E-state index contributed by atoms with van der Waals surface area (Å²) >= 11 is 2.20. The average Bonchev–Trinajstić information content (AvgIpc) is 2.28. The summed E-state index contributed by atoms with van der Waals surface area (Å²) in [4.78, 5) is 19.0. The molecule has 1 N–H and O–H groups in total. The molecule has 0 saturated carbocycles. The number of carboxylic acids is 1. The number of rotatable bonds is 2. The van der Waals surface area contributed by atoms with Crippen molar-refractivity contribution in [3.63, 3.8) is 0 Å². The van der Waals surface area contributed by atoms with Crippen LogP contribution in [0.5, 0.6) is 0 Å². The second-order valence-corrected chi connectivity index (χ2v) is 4.75. The first kappa shape index (κ1) is 12.0. The van der Waals surface area contributed by atoms with Gasteiger partial charge in [-0.25, -0.2) is 14.8 Å². The van der Waals surface area contributed by atoms with Crippen LogP contribution in [0.4, 0.5) is 0 Å². The zero-order valence-corrected chi connectivity index (χ0v) is 11.2. The summed E-state index contributed by atoms with van der Waals surface area (Å²) in [5, 5.41) is 8.94. The Bertz CT molecular complexity index is 584. The molecule has 0 unspecified atom stereocenters. The van der Waals surface area contributed by atoms with Gasteiger partial charge in [0.1, 0.15) is 5.82 Å². The second kappa shape index (κ2) is 4.79. The van der Waals surface area contributed by atoms with Gasteiger partial charge in [-0.05, 0) is 47.7 Å². The molecule has 4 nitrogen and oxygen atoms in total. The number of benzene rings is 1. The maximum Gasteiger partial charge on any atom is 0.354 e. The summed E-state index contributed by atoms with van der Waals surface area (Å²) in [5.74, 6) is -0.582. The van der Waals surface area contributed by atoms with Gasteiger partial charge < -0.3 is 5.11 Å². The fourth-order valence-electron chi connectivity index (χ4n) is 1.47. The van der Waals surface area contributed by atoms with Crippen molar-refractivity contribution >= 4 is 28.6 Å². The predicted molar refractivity (Wildman–Crippen MR) is 71.9 cm³/mol. The Balaban J connectivity index is 2.56. The minimum atomic E-state index is -1.04. The minimum absolute atomic E-state index is 0.0198. The van der Waals surface area contributed by atoms with Crippen LogP contribution in [-0.4, -0.2) is 21.0 Å². The van der Waals surface area contributed by atoms with E-state index in [0.29, 0.717) is 11.5 Å². The number of carboxylic acid groups (broad SMARTS) is 1. The van der Waals surface area contributed by atoms with Gasteiger partial charge in [0.15, 0.2) is 5.69 Å². The average molecular weight is 340 g/mol. The number of hydrogen-bond acceptors (Lipinski definition) is 3. The Hall–Kier alpha value is -1.50. The molecule has 0 saturated heterocycles. The van der Waals surface area contributed by atoms with Gasteiger partial charge in [0, 0.05) is 9.13 Å². The number of aromatic nitrogens is 2. The zero-order chi connectivity index (χ0) is 12.4. The molecule has 2 aromatic rings. The molecule has 5 heteroatoms. The number of carbonyl (C=O) groups is 1. The molecule has 0 radical (unpaired) electrons. The molecule has 2 rings (SSSR count). The first-order chi connectivity index (χ1) is 8.06. The highest BCUT2D eigenvalue weighted by atomic mass is 127. The standard InChI is InChI=1S/C12H9IN2O2/c1-7-14-10(6-11(15-7)12(16)17)8-3-2-4-9(13)5-8/h2-6H,1H3,(H,16,17). The van der Waals surface area contributed by atoms with Crippen LogP contribution in [0, 0.1) is 10.5 Å². The van der Waals surface area contributed by atoms with Crippen LogP contribution in [-0.2, 0) is 0 Å². The van der Waals surface area contributed by atoms with Crippen molar-refractivity contribution in [1.29, 1.82) is 0 Å². The third-order valence-corrected chi connectivity index (χ3v) is 2.85. The van der Waals surface area contributed by atoms with E-state index in [1.807, 2.05) is 24.3 Å². The van der Waals surface area contributed by atoms with Crippen LogP contribution in [0.1, 0.15) is 16.3 Å². The maximum atomic E-state index is 10.9. The lowest BCUT2D eigenvalue weighted by Gasteiger charge is -2.04. The zero-order valence-electron chi connectivity index (χ0n) is 9.01. The second-order valence-electron chi connectivity index (χ2n) is 3.50. The summed E-state index contributed by atoms with van der Waals surface area (Å²) in [5.41, 5.74) is 1.55. The van der Waals surface area contributed by atoms with Crippen molar-refractivity contribution < 1.29 is 9.90 Å². The van der Waals surface area contributed by atoms with Gasteiger partial charge in [0.25, 0.3) is 0 Å². The highest BCUT2D eigenvalue weighted by Crippen LogP contribution is 2.20. The van der Waals surface area contributed by atoms with Crippen LogP contribution < -0.4 is 0 Å². The molecule has 0 aliphatic heterocycles. The van der Waals surface area contributed by atoms with E-state index in [9.17, 15) is 4.79 Å². The van der Waals surface area contributed by atoms with E-state index in [-0.39, 0.29) is 5.69 Å². The summed E-state index contributed by atoms with van der Waals surface area (Å²) < 4.78 is 1.08. The normalized spacial score (nSPS) is 10.2. The van der Waals surface area contributed by atoms with Crippen molar-refractivity contribution in [1.82, 2.24) is 9.97 Å². The summed E-state index contributed by atoms with van der Waals surface area (Å²) in [6.45, 7) is 1.68. The minimum Gasteiger partial charge on any atom is -0.477 e. The van der Waals surface area contributed by atoms with Gasteiger partial charge >= 0.3 is 5.97 Å². The highest BCUT2D eigenvalue weighted by molar-refractivity contribution is 14.1. The first-order valence-corrected chi connectivity index (χ1v) is 5.99. The van der Waals surface area contributed by atoms with E-state index >= 15 is 0 Å². The van der Waals surface area contributed by atoms with E-state index in [1.165, 1.54) is 6.07 Å². The molecular weight excluding hydrogens is 331 g/mol. The van der Waals surface area contributed by atoms with E-state index in [1.54, 1.807) is 6.92 Å². The van der Waals surface area contributed by atoms with Gasteiger partial charge in [-0.2, -0.15) is 0 Å². The van der Waals surface area contributed by atoms with Crippen LogP contribution in [0.25, 0.3) is 11.3 Å². The molecule has 0 aliphatic carbocycles. The smallest absolute Gasteiger partial charge is 0.354 e. The fourth-order valence-corrected chi connectivity index (χ4v) is 2.02. The highest BCUT2D eigenvalue weighted by Gasteiger charge is 2.09. The van der Waals surface area contributed by atoms with Gasteiger partial charge in [0.05, 0.1) is 5.69 Å². The predicted octanol–water partition coefficient (Wildman–Crippen LogP) is 2.75. The lowest BCUT2D eigenvalue weighted by molar-refractivity contribution is 0.0690. The first-order valence-electron chi connectivity index (χ1n) is 4.91. The van der Waals surface area contributed by atoms with Crippen LogP contribution in [0.2, 0.25) is 0 Å². The lowest BCUT2D eigenvalue weighted by atomic mass is 10.1. The molecule has 1 aromatic carbocycles. The molecular formula is C12H9IN2O2. The van der Waals surface area contributed by atoms with Crippen molar-refractivity contribution in [2.45, 2.75) is 6.92 Å². The van der Waals surface area contributed by atoms with E-state index in [2.05, 4.69) is 32.6 Å². The van der Waals surface area contributed by atoms with Gasteiger partial charge in [0.2, 0.25) is 0 Å². The third kappa shape index (κ3) is 2.79. The number of nitrogens with zero attached hydrogens (tertiary/aromatic N) is 2.